The van der Waals surface area contributed by atoms with Crippen molar-refractivity contribution >= 4 is 9.84 Å². The highest BCUT2D eigenvalue weighted by Crippen LogP contribution is 2.11. The quantitative estimate of drug-likeness (QED) is 0.789. The summed E-state index contributed by atoms with van der Waals surface area (Å²) in [5.41, 5.74) is 0. The molecule has 0 radical (unpaired) electrons. The largest absolute Gasteiger partial charge is 0.494 e. The molecule has 100 valence electrons. The lowest BCUT2D eigenvalue weighted by molar-refractivity contribution is 0.305. The molecule has 1 aromatic carbocycles. The van der Waals surface area contributed by atoms with E-state index in [0.717, 1.165) is 25.1 Å². The first kappa shape index (κ1) is 13.4. The minimum Gasteiger partial charge on any atom is -0.494 e. The molecule has 1 aliphatic rings. The Bertz CT molecular complexity index is 458. The molecule has 1 aromatic rings. The Kier molecular flexibility index (Phi) is 4.60. The van der Waals surface area contributed by atoms with Crippen LogP contribution in [0.3, 0.4) is 0 Å². The fourth-order valence-corrected chi connectivity index (χ4v) is 3.75. The van der Waals surface area contributed by atoms with E-state index in [9.17, 15) is 8.42 Å². The molecule has 0 amide bonds. The van der Waals surface area contributed by atoms with Gasteiger partial charge < -0.3 is 10.1 Å². The number of hydrogen-bond donors (Lipinski definition) is 1. The van der Waals surface area contributed by atoms with Crippen LogP contribution in [0, 0.1) is 0 Å². The Morgan fingerprint density at radius 1 is 1.28 bits per heavy atom. The number of hydrogen-bond acceptors (Lipinski definition) is 4. The second-order valence-corrected chi connectivity index (χ2v) is 6.80. The van der Waals surface area contributed by atoms with E-state index in [1.54, 1.807) is 0 Å². The maximum absolute atomic E-state index is 11.3. The fraction of sp³-hybridized carbons (Fsp3) is 0.538. The first-order valence-electron chi connectivity index (χ1n) is 6.27. The monoisotopic (exact) mass is 269 g/mol. The number of sulfone groups is 1. The third kappa shape index (κ3) is 4.31. The molecule has 5 heteroatoms. The predicted molar refractivity (Wildman–Crippen MR) is 71.6 cm³/mol. The molecular weight excluding hydrogens is 250 g/mol. The van der Waals surface area contributed by atoms with E-state index in [1.807, 2.05) is 30.3 Å². The van der Waals surface area contributed by atoms with Crippen molar-refractivity contribution in [2.75, 3.05) is 24.7 Å². The Hall–Kier alpha value is -1.07. The number of para-hydroxylation sites is 1. The van der Waals surface area contributed by atoms with Crippen LogP contribution in [0.4, 0.5) is 0 Å². The fourth-order valence-electron chi connectivity index (χ4n) is 2.04. The Balaban J connectivity index is 1.57. The Labute approximate surface area is 108 Å². The standard InChI is InChI=1S/C13H19NO3S/c15-18(16)10-7-12(11-18)14-8-4-9-17-13-5-2-1-3-6-13/h1-3,5-6,12,14H,4,7-11H2. The molecule has 4 nitrogen and oxygen atoms in total. The van der Waals surface area contributed by atoms with Gasteiger partial charge in [-0.2, -0.15) is 0 Å². The molecule has 1 aliphatic heterocycles. The van der Waals surface area contributed by atoms with Gasteiger partial charge in [-0.1, -0.05) is 18.2 Å². The van der Waals surface area contributed by atoms with Crippen molar-refractivity contribution in [3.63, 3.8) is 0 Å². The van der Waals surface area contributed by atoms with Crippen LogP contribution in [0.15, 0.2) is 30.3 Å². The van der Waals surface area contributed by atoms with E-state index in [-0.39, 0.29) is 11.8 Å². The second kappa shape index (κ2) is 6.20. The highest BCUT2D eigenvalue weighted by Gasteiger charge is 2.26. The van der Waals surface area contributed by atoms with Crippen LogP contribution in [-0.4, -0.2) is 39.1 Å². The average molecular weight is 269 g/mol. The van der Waals surface area contributed by atoms with E-state index >= 15 is 0 Å². The van der Waals surface area contributed by atoms with E-state index in [1.165, 1.54) is 0 Å². The van der Waals surface area contributed by atoms with Crippen LogP contribution in [0.1, 0.15) is 12.8 Å². The van der Waals surface area contributed by atoms with E-state index in [4.69, 9.17) is 4.74 Å². The zero-order chi connectivity index (χ0) is 12.8. The minimum absolute atomic E-state index is 0.131. The smallest absolute Gasteiger partial charge is 0.151 e. The van der Waals surface area contributed by atoms with Crippen LogP contribution in [0.2, 0.25) is 0 Å². The number of benzene rings is 1. The van der Waals surface area contributed by atoms with Gasteiger partial charge in [0.1, 0.15) is 5.75 Å². The maximum Gasteiger partial charge on any atom is 0.151 e. The van der Waals surface area contributed by atoms with E-state index in [2.05, 4.69) is 5.32 Å². The molecule has 18 heavy (non-hydrogen) atoms. The molecule has 1 atom stereocenters. The third-order valence-corrected chi connectivity index (χ3v) is 4.77. The zero-order valence-corrected chi connectivity index (χ0v) is 11.2. The van der Waals surface area contributed by atoms with E-state index < -0.39 is 9.84 Å². The normalized spacial score (nSPS) is 21.9. The molecule has 0 spiro atoms. The lowest BCUT2D eigenvalue weighted by atomic mass is 10.2. The summed E-state index contributed by atoms with van der Waals surface area (Å²) >= 11 is 0. The summed E-state index contributed by atoms with van der Waals surface area (Å²) in [6, 6.07) is 9.82. The van der Waals surface area contributed by atoms with Crippen molar-refractivity contribution < 1.29 is 13.2 Å². The average Bonchev–Trinajstić information content (AvgIpc) is 2.70. The summed E-state index contributed by atoms with van der Waals surface area (Å²) < 4.78 is 28.1. The summed E-state index contributed by atoms with van der Waals surface area (Å²) in [4.78, 5) is 0. The van der Waals surface area contributed by atoms with Crippen molar-refractivity contribution in [2.24, 2.45) is 0 Å². The van der Waals surface area contributed by atoms with Crippen LogP contribution < -0.4 is 10.1 Å². The second-order valence-electron chi connectivity index (χ2n) is 4.57. The van der Waals surface area contributed by atoms with Crippen LogP contribution in [0.5, 0.6) is 5.75 Å². The van der Waals surface area contributed by atoms with Crippen LogP contribution >= 0.6 is 0 Å². The van der Waals surface area contributed by atoms with E-state index in [0.29, 0.717) is 12.4 Å². The molecule has 2 rings (SSSR count). The lowest BCUT2D eigenvalue weighted by Crippen LogP contribution is -2.31. The molecule has 1 heterocycles. The lowest BCUT2D eigenvalue weighted by Gasteiger charge is -2.11. The minimum atomic E-state index is -2.77. The summed E-state index contributed by atoms with van der Waals surface area (Å²) in [6.45, 7) is 1.45. The van der Waals surface area contributed by atoms with Gasteiger partial charge in [-0.15, -0.1) is 0 Å². The van der Waals surface area contributed by atoms with Crippen LogP contribution in [0.25, 0.3) is 0 Å². The van der Waals surface area contributed by atoms with Crippen molar-refractivity contribution in [1.82, 2.24) is 5.32 Å². The first-order chi connectivity index (χ1) is 8.66. The SMILES string of the molecule is O=S1(=O)CCC(NCCCOc2ccccc2)C1. The van der Waals surface area contributed by atoms with Crippen molar-refractivity contribution in [3.05, 3.63) is 30.3 Å². The molecule has 1 saturated heterocycles. The maximum atomic E-state index is 11.3. The molecule has 1 unspecified atom stereocenters. The van der Waals surface area contributed by atoms with Crippen LogP contribution in [-0.2, 0) is 9.84 Å². The van der Waals surface area contributed by atoms with Gasteiger partial charge in [0.25, 0.3) is 0 Å². The highest BCUT2D eigenvalue weighted by atomic mass is 32.2. The Morgan fingerprint density at radius 3 is 2.72 bits per heavy atom. The number of rotatable bonds is 6. The molecule has 0 saturated carbocycles. The van der Waals surface area contributed by atoms with Crippen molar-refractivity contribution in [3.8, 4) is 5.75 Å². The van der Waals surface area contributed by atoms with Gasteiger partial charge in [-0.25, -0.2) is 8.42 Å². The summed E-state index contributed by atoms with van der Waals surface area (Å²) in [7, 11) is -2.77. The van der Waals surface area contributed by atoms with Crippen molar-refractivity contribution in [1.29, 1.82) is 0 Å². The molecule has 1 fully saturated rings. The van der Waals surface area contributed by atoms with Crippen molar-refractivity contribution in [2.45, 2.75) is 18.9 Å². The highest BCUT2D eigenvalue weighted by molar-refractivity contribution is 7.91. The van der Waals surface area contributed by atoms with Gasteiger partial charge in [-0.05, 0) is 31.5 Å². The summed E-state index contributed by atoms with van der Waals surface area (Å²) in [6.07, 6.45) is 1.62. The molecule has 1 N–H and O–H groups in total. The first-order valence-corrected chi connectivity index (χ1v) is 8.09. The molecule has 0 aromatic heterocycles. The molecule has 0 aliphatic carbocycles. The molecule has 0 bridgehead atoms. The van der Waals surface area contributed by atoms with Gasteiger partial charge in [0.05, 0.1) is 18.1 Å². The topological polar surface area (TPSA) is 55.4 Å². The summed E-state index contributed by atoms with van der Waals surface area (Å²) in [5.74, 6) is 1.48. The van der Waals surface area contributed by atoms with Gasteiger partial charge >= 0.3 is 0 Å². The predicted octanol–water partition coefficient (Wildman–Crippen LogP) is 1.23. The Morgan fingerprint density at radius 2 is 2.06 bits per heavy atom. The van der Waals surface area contributed by atoms with Gasteiger partial charge in [-0.3, -0.25) is 0 Å². The van der Waals surface area contributed by atoms with Gasteiger partial charge in [0.2, 0.25) is 0 Å². The zero-order valence-electron chi connectivity index (χ0n) is 10.3. The van der Waals surface area contributed by atoms with Gasteiger partial charge in [0.15, 0.2) is 9.84 Å². The van der Waals surface area contributed by atoms with Gasteiger partial charge in [0, 0.05) is 6.04 Å². The number of nitrogens with one attached hydrogen (secondary N) is 1. The molecular formula is C13H19NO3S. The number of ether oxygens (including phenoxy) is 1. The third-order valence-electron chi connectivity index (χ3n) is 3.00. The summed E-state index contributed by atoms with van der Waals surface area (Å²) in [5, 5.41) is 3.26.